The zero-order chi connectivity index (χ0) is 14.1. The highest BCUT2D eigenvalue weighted by atomic mass is 35.5. The number of nitrogen functional groups attached to an aromatic ring is 1. The number of nitrogens with two attached hydrogens (primary N) is 1. The van der Waals surface area contributed by atoms with E-state index in [1.54, 1.807) is 6.20 Å². The molecule has 1 aromatic heterocycles. The predicted molar refractivity (Wildman–Crippen MR) is 85.0 cm³/mol. The molecule has 0 aliphatic heterocycles. The fourth-order valence-corrected chi connectivity index (χ4v) is 2.57. The second-order valence-corrected chi connectivity index (χ2v) is 5.73. The molecule has 3 nitrogen and oxygen atoms in total. The molecule has 0 atom stereocenters. The van der Waals surface area contributed by atoms with Gasteiger partial charge < -0.3 is 11.1 Å². The standard InChI is InChI=1S/C16H18ClN3/c1-10-12(3-2-8-19-10)13-6-7-14(16(18)15(13)17)20-9-11-4-5-11/h2-3,6-8,11,20H,4-5,9,18H2,1H3. The number of anilines is 2. The van der Waals surface area contributed by atoms with Crippen LogP contribution in [0.1, 0.15) is 18.5 Å². The van der Waals surface area contributed by atoms with Crippen molar-refractivity contribution in [1.82, 2.24) is 4.98 Å². The Morgan fingerprint density at radius 3 is 2.80 bits per heavy atom. The minimum atomic E-state index is 0.599. The third-order valence-corrected chi connectivity index (χ3v) is 4.16. The third kappa shape index (κ3) is 2.59. The first kappa shape index (κ1) is 13.3. The van der Waals surface area contributed by atoms with Crippen molar-refractivity contribution in [1.29, 1.82) is 0 Å². The van der Waals surface area contributed by atoms with Crippen LogP contribution < -0.4 is 11.1 Å². The van der Waals surface area contributed by atoms with Crippen molar-refractivity contribution in [2.24, 2.45) is 5.92 Å². The maximum absolute atomic E-state index is 6.44. The van der Waals surface area contributed by atoms with Crippen LogP contribution in [0.4, 0.5) is 11.4 Å². The molecule has 3 rings (SSSR count). The molecule has 0 bridgehead atoms. The van der Waals surface area contributed by atoms with Crippen molar-refractivity contribution in [2.75, 3.05) is 17.6 Å². The van der Waals surface area contributed by atoms with E-state index in [-0.39, 0.29) is 0 Å². The Kier molecular flexibility index (Phi) is 3.53. The summed E-state index contributed by atoms with van der Waals surface area (Å²) >= 11 is 6.44. The van der Waals surface area contributed by atoms with Crippen LogP contribution in [-0.2, 0) is 0 Å². The molecule has 2 aromatic rings. The number of hydrogen-bond donors (Lipinski definition) is 2. The predicted octanol–water partition coefficient (Wildman–Crippen LogP) is 4.11. The first-order valence-corrected chi connectivity index (χ1v) is 7.28. The van der Waals surface area contributed by atoms with Crippen LogP contribution in [0.25, 0.3) is 11.1 Å². The second kappa shape index (κ2) is 5.33. The fraction of sp³-hybridized carbons (Fsp3) is 0.312. The largest absolute Gasteiger partial charge is 0.396 e. The Morgan fingerprint density at radius 1 is 1.30 bits per heavy atom. The average Bonchev–Trinajstić information content (AvgIpc) is 3.26. The van der Waals surface area contributed by atoms with E-state index >= 15 is 0 Å². The van der Waals surface area contributed by atoms with Gasteiger partial charge in [0.05, 0.1) is 16.4 Å². The van der Waals surface area contributed by atoms with E-state index in [1.165, 1.54) is 12.8 Å². The van der Waals surface area contributed by atoms with Gasteiger partial charge in [-0.1, -0.05) is 23.7 Å². The summed E-state index contributed by atoms with van der Waals surface area (Å²) in [4.78, 5) is 4.30. The molecule has 0 saturated heterocycles. The van der Waals surface area contributed by atoms with Crippen molar-refractivity contribution < 1.29 is 0 Å². The van der Waals surface area contributed by atoms with Gasteiger partial charge in [-0.2, -0.15) is 0 Å². The summed E-state index contributed by atoms with van der Waals surface area (Å²) in [5, 5.41) is 3.98. The van der Waals surface area contributed by atoms with Gasteiger partial charge in [-0.3, -0.25) is 4.98 Å². The molecule has 1 saturated carbocycles. The normalized spacial score (nSPS) is 14.3. The van der Waals surface area contributed by atoms with E-state index in [0.717, 1.165) is 35.0 Å². The lowest BCUT2D eigenvalue weighted by Crippen LogP contribution is -2.06. The van der Waals surface area contributed by atoms with Gasteiger partial charge >= 0.3 is 0 Å². The highest BCUT2D eigenvalue weighted by molar-refractivity contribution is 6.36. The Hall–Kier alpha value is -1.74. The monoisotopic (exact) mass is 287 g/mol. The van der Waals surface area contributed by atoms with Gasteiger partial charge in [0.25, 0.3) is 0 Å². The molecule has 1 fully saturated rings. The molecule has 0 unspecified atom stereocenters. The van der Waals surface area contributed by atoms with Gasteiger partial charge in [0.15, 0.2) is 0 Å². The highest BCUT2D eigenvalue weighted by Gasteiger charge is 2.21. The quantitative estimate of drug-likeness (QED) is 0.832. The van der Waals surface area contributed by atoms with Gasteiger partial charge in [0.1, 0.15) is 0 Å². The summed E-state index contributed by atoms with van der Waals surface area (Å²) in [6.45, 7) is 2.95. The summed E-state index contributed by atoms with van der Waals surface area (Å²) in [5.74, 6) is 0.799. The molecular weight excluding hydrogens is 270 g/mol. The summed E-state index contributed by atoms with van der Waals surface area (Å²) < 4.78 is 0. The van der Waals surface area contributed by atoms with E-state index < -0.39 is 0 Å². The van der Waals surface area contributed by atoms with Crippen LogP contribution in [0, 0.1) is 12.8 Å². The lowest BCUT2D eigenvalue weighted by Gasteiger charge is -2.14. The second-order valence-electron chi connectivity index (χ2n) is 5.35. The summed E-state index contributed by atoms with van der Waals surface area (Å²) in [7, 11) is 0. The van der Waals surface area contributed by atoms with Crippen molar-refractivity contribution >= 4 is 23.0 Å². The zero-order valence-electron chi connectivity index (χ0n) is 11.5. The van der Waals surface area contributed by atoms with Crippen LogP contribution in [0.15, 0.2) is 30.5 Å². The van der Waals surface area contributed by atoms with Crippen molar-refractivity contribution in [3.63, 3.8) is 0 Å². The van der Waals surface area contributed by atoms with E-state index in [4.69, 9.17) is 17.3 Å². The first-order chi connectivity index (χ1) is 9.66. The molecule has 20 heavy (non-hydrogen) atoms. The van der Waals surface area contributed by atoms with Gasteiger partial charge in [0, 0.05) is 29.6 Å². The highest BCUT2D eigenvalue weighted by Crippen LogP contribution is 2.38. The number of nitrogens with zero attached hydrogens (tertiary/aromatic N) is 1. The molecule has 0 amide bonds. The number of aromatic nitrogens is 1. The molecule has 0 radical (unpaired) electrons. The summed E-state index contributed by atoms with van der Waals surface area (Å²) in [5.41, 5.74) is 10.6. The van der Waals surface area contributed by atoms with Crippen LogP contribution >= 0.6 is 11.6 Å². The maximum atomic E-state index is 6.44. The Balaban J connectivity index is 1.93. The number of nitrogens with one attached hydrogen (secondary N) is 1. The number of halogens is 1. The van der Waals surface area contributed by atoms with Gasteiger partial charge in [-0.25, -0.2) is 0 Å². The molecule has 1 aromatic carbocycles. The number of rotatable bonds is 4. The third-order valence-electron chi connectivity index (χ3n) is 3.75. The maximum Gasteiger partial charge on any atom is 0.0745 e. The molecule has 1 aliphatic rings. The van der Waals surface area contributed by atoms with Crippen LogP contribution in [0.2, 0.25) is 5.02 Å². The number of benzene rings is 1. The van der Waals surface area contributed by atoms with Crippen LogP contribution in [0.3, 0.4) is 0 Å². The van der Waals surface area contributed by atoms with Crippen LogP contribution in [0.5, 0.6) is 0 Å². The molecule has 3 N–H and O–H groups in total. The van der Waals surface area contributed by atoms with Crippen molar-refractivity contribution in [2.45, 2.75) is 19.8 Å². The van der Waals surface area contributed by atoms with Crippen molar-refractivity contribution in [3.8, 4) is 11.1 Å². The molecule has 0 spiro atoms. The lowest BCUT2D eigenvalue weighted by molar-refractivity contribution is 0.890. The average molecular weight is 288 g/mol. The molecule has 1 aliphatic carbocycles. The Morgan fingerprint density at radius 2 is 2.10 bits per heavy atom. The topological polar surface area (TPSA) is 50.9 Å². The number of hydrogen-bond acceptors (Lipinski definition) is 3. The van der Waals surface area contributed by atoms with Gasteiger partial charge in [-0.05, 0) is 37.8 Å². The first-order valence-electron chi connectivity index (χ1n) is 6.90. The van der Waals surface area contributed by atoms with E-state index in [0.29, 0.717) is 10.7 Å². The summed E-state index contributed by atoms with van der Waals surface area (Å²) in [6, 6.07) is 7.94. The van der Waals surface area contributed by atoms with Gasteiger partial charge in [-0.15, -0.1) is 0 Å². The summed E-state index contributed by atoms with van der Waals surface area (Å²) in [6.07, 6.45) is 4.41. The molecule has 1 heterocycles. The molecular formula is C16H18ClN3. The van der Waals surface area contributed by atoms with E-state index in [1.807, 2.05) is 31.2 Å². The van der Waals surface area contributed by atoms with E-state index in [9.17, 15) is 0 Å². The Labute approximate surface area is 124 Å². The Bertz CT molecular complexity index is 636. The smallest absolute Gasteiger partial charge is 0.0745 e. The van der Waals surface area contributed by atoms with Crippen LogP contribution in [-0.4, -0.2) is 11.5 Å². The SMILES string of the molecule is Cc1ncccc1-c1ccc(NCC2CC2)c(N)c1Cl. The fourth-order valence-electron chi connectivity index (χ4n) is 2.30. The lowest BCUT2D eigenvalue weighted by atomic mass is 10.0. The number of pyridine rings is 1. The zero-order valence-corrected chi connectivity index (χ0v) is 12.2. The van der Waals surface area contributed by atoms with E-state index in [2.05, 4.69) is 10.3 Å². The molecule has 4 heteroatoms. The van der Waals surface area contributed by atoms with Crippen molar-refractivity contribution in [3.05, 3.63) is 41.2 Å². The molecule has 104 valence electrons. The number of aryl methyl sites for hydroxylation is 1. The van der Waals surface area contributed by atoms with Gasteiger partial charge in [0.2, 0.25) is 0 Å². The minimum Gasteiger partial charge on any atom is -0.396 e. The minimum absolute atomic E-state index is 0.599.